The molecule has 0 saturated carbocycles. The summed E-state index contributed by atoms with van der Waals surface area (Å²) in [6.07, 6.45) is 6.42. The lowest BCUT2D eigenvalue weighted by Crippen LogP contribution is -2.26. The zero-order chi connectivity index (χ0) is 22.1. The summed E-state index contributed by atoms with van der Waals surface area (Å²) < 4.78 is 10.9. The standard InChI is InChI=1S/C25H28N2O4/c1-3-15-31-22-12-10-19(16-23(22)30-2)11-13-24(28)26-17-20-7-4-5-8-21(20)18-27-14-6-9-25(27)29/h3-5,7-8,10-13,16H,1,6,9,14-15,17-18H2,2H3,(H,26,28)/b13-11+. The molecule has 0 aliphatic carbocycles. The van der Waals surface area contributed by atoms with Gasteiger partial charge in [0.1, 0.15) is 6.61 Å². The number of likely N-dealkylation sites (tertiary alicyclic amines) is 1. The zero-order valence-electron chi connectivity index (χ0n) is 17.8. The van der Waals surface area contributed by atoms with Gasteiger partial charge in [-0.3, -0.25) is 9.59 Å². The molecule has 0 radical (unpaired) electrons. The number of hydrogen-bond acceptors (Lipinski definition) is 4. The van der Waals surface area contributed by atoms with Crippen LogP contribution in [-0.2, 0) is 22.7 Å². The van der Waals surface area contributed by atoms with E-state index in [0.29, 0.717) is 37.6 Å². The Balaban J connectivity index is 1.58. The van der Waals surface area contributed by atoms with Crippen LogP contribution in [0.5, 0.6) is 11.5 Å². The summed E-state index contributed by atoms with van der Waals surface area (Å²) in [5.74, 6) is 1.21. The lowest BCUT2D eigenvalue weighted by molar-refractivity contribution is -0.128. The van der Waals surface area contributed by atoms with Gasteiger partial charge in [-0.1, -0.05) is 43.0 Å². The van der Waals surface area contributed by atoms with Gasteiger partial charge in [0.25, 0.3) is 0 Å². The normalized spacial score (nSPS) is 13.5. The number of benzene rings is 2. The number of carbonyl (C=O) groups is 2. The van der Waals surface area contributed by atoms with Crippen LogP contribution >= 0.6 is 0 Å². The van der Waals surface area contributed by atoms with Crippen LogP contribution < -0.4 is 14.8 Å². The molecule has 1 fully saturated rings. The van der Waals surface area contributed by atoms with E-state index in [1.54, 1.807) is 25.3 Å². The maximum absolute atomic E-state index is 12.3. The van der Waals surface area contributed by atoms with Crippen LogP contribution in [0.4, 0.5) is 0 Å². The molecule has 0 aromatic heterocycles. The number of carbonyl (C=O) groups excluding carboxylic acids is 2. The van der Waals surface area contributed by atoms with Crippen LogP contribution in [0.3, 0.4) is 0 Å². The molecule has 1 saturated heterocycles. The Kier molecular flexibility index (Phi) is 7.87. The molecule has 0 atom stereocenters. The van der Waals surface area contributed by atoms with Gasteiger partial charge in [0, 0.05) is 32.1 Å². The number of hydrogen-bond donors (Lipinski definition) is 1. The topological polar surface area (TPSA) is 67.9 Å². The molecule has 2 amide bonds. The number of methoxy groups -OCH3 is 1. The molecule has 1 N–H and O–H groups in total. The Hall–Kier alpha value is -3.54. The van der Waals surface area contributed by atoms with E-state index in [1.165, 1.54) is 6.08 Å². The van der Waals surface area contributed by atoms with Crippen LogP contribution in [0.15, 0.2) is 61.2 Å². The highest BCUT2D eigenvalue weighted by molar-refractivity contribution is 5.91. The Morgan fingerprint density at radius 1 is 1.19 bits per heavy atom. The molecule has 3 rings (SSSR count). The number of amides is 2. The fraction of sp³-hybridized carbons (Fsp3) is 0.280. The Labute approximate surface area is 183 Å². The summed E-state index contributed by atoms with van der Waals surface area (Å²) in [7, 11) is 1.57. The molecule has 1 aliphatic heterocycles. The number of ether oxygens (including phenoxy) is 2. The zero-order valence-corrected chi connectivity index (χ0v) is 17.8. The minimum Gasteiger partial charge on any atom is -0.493 e. The van der Waals surface area contributed by atoms with Crippen molar-refractivity contribution < 1.29 is 19.1 Å². The average molecular weight is 421 g/mol. The molecule has 1 aliphatic rings. The average Bonchev–Trinajstić information content (AvgIpc) is 3.20. The lowest BCUT2D eigenvalue weighted by Gasteiger charge is -2.18. The predicted molar refractivity (Wildman–Crippen MR) is 121 cm³/mol. The molecule has 162 valence electrons. The smallest absolute Gasteiger partial charge is 0.244 e. The van der Waals surface area contributed by atoms with Crippen molar-refractivity contribution in [2.75, 3.05) is 20.3 Å². The first kappa shape index (κ1) is 22.2. The van der Waals surface area contributed by atoms with Crippen molar-refractivity contribution in [3.8, 4) is 11.5 Å². The second-order valence-corrected chi connectivity index (χ2v) is 7.25. The third kappa shape index (κ3) is 6.22. The summed E-state index contributed by atoms with van der Waals surface area (Å²) >= 11 is 0. The number of nitrogens with zero attached hydrogens (tertiary/aromatic N) is 1. The van der Waals surface area contributed by atoms with Gasteiger partial charge < -0.3 is 19.7 Å². The van der Waals surface area contributed by atoms with Crippen LogP contribution in [0.25, 0.3) is 6.08 Å². The third-order valence-corrected chi connectivity index (χ3v) is 5.08. The maximum Gasteiger partial charge on any atom is 0.244 e. The minimum atomic E-state index is -0.196. The predicted octanol–water partition coefficient (Wildman–Crippen LogP) is 3.71. The summed E-state index contributed by atoms with van der Waals surface area (Å²) in [5, 5.41) is 2.92. The van der Waals surface area contributed by atoms with Gasteiger partial charge in [-0.05, 0) is 41.3 Å². The van der Waals surface area contributed by atoms with Crippen molar-refractivity contribution in [1.82, 2.24) is 10.2 Å². The van der Waals surface area contributed by atoms with Crippen molar-refractivity contribution in [3.05, 3.63) is 77.9 Å². The van der Waals surface area contributed by atoms with Crippen LogP contribution in [0.2, 0.25) is 0 Å². The van der Waals surface area contributed by atoms with Crippen molar-refractivity contribution in [2.45, 2.75) is 25.9 Å². The van der Waals surface area contributed by atoms with E-state index in [-0.39, 0.29) is 11.8 Å². The Morgan fingerprint density at radius 3 is 2.71 bits per heavy atom. The molecular weight excluding hydrogens is 392 g/mol. The summed E-state index contributed by atoms with van der Waals surface area (Å²) in [6, 6.07) is 13.3. The quantitative estimate of drug-likeness (QED) is 0.470. The van der Waals surface area contributed by atoms with E-state index in [2.05, 4.69) is 11.9 Å². The highest BCUT2D eigenvalue weighted by Crippen LogP contribution is 2.28. The van der Waals surface area contributed by atoms with E-state index in [1.807, 2.05) is 41.3 Å². The SMILES string of the molecule is C=CCOc1ccc(/C=C/C(=O)NCc2ccccc2CN2CCCC2=O)cc1OC. The van der Waals surface area contributed by atoms with E-state index in [9.17, 15) is 9.59 Å². The van der Waals surface area contributed by atoms with Crippen molar-refractivity contribution in [1.29, 1.82) is 0 Å². The first-order chi connectivity index (χ1) is 15.1. The first-order valence-corrected chi connectivity index (χ1v) is 10.3. The van der Waals surface area contributed by atoms with Gasteiger partial charge >= 0.3 is 0 Å². The summed E-state index contributed by atoms with van der Waals surface area (Å²) in [5.41, 5.74) is 2.89. The highest BCUT2D eigenvalue weighted by Gasteiger charge is 2.20. The lowest BCUT2D eigenvalue weighted by atomic mass is 10.1. The Bertz CT molecular complexity index is 968. The fourth-order valence-corrected chi connectivity index (χ4v) is 3.43. The first-order valence-electron chi connectivity index (χ1n) is 10.3. The Morgan fingerprint density at radius 2 is 2.00 bits per heavy atom. The summed E-state index contributed by atoms with van der Waals surface area (Å²) in [4.78, 5) is 26.1. The second-order valence-electron chi connectivity index (χ2n) is 7.25. The van der Waals surface area contributed by atoms with Crippen LogP contribution in [0, 0.1) is 0 Å². The minimum absolute atomic E-state index is 0.193. The van der Waals surface area contributed by atoms with E-state index < -0.39 is 0 Å². The molecule has 1 heterocycles. The molecule has 0 unspecified atom stereocenters. The maximum atomic E-state index is 12.3. The summed E-state index contributed by atoms with van der Waals surface area (Å²) in [6.45, 7) is 5.80. The van der Waals surface area contributed by atoms with Gasteiger partial charge in [-0.25, -0.2) is 0 Å². The molecule has 31 heavy (non-hydrogen) atoms. The van der Waals surface area contributed by atoms with Gasteiger partial charge in [-0.15, -0.1) is 0 Å². The molecule has 2 aromatic carbocycles. The number of nitrogens with one attached hydrogen (secondary N) is 1. The van der Waals surface area contributed by atoms with Crippen molar-refractivity contribution in [3.63, 3.8) is 0 Å². The molecular formula is C25H28N2O4. The molecule has 6 heteroatoms. The van der Waals surface area contributed by atoms with Crippen molar-refractivity contribution >= 4 is 17.9 Å². The third-order valence-electron chi connectivity index (χ3n) is 5.08. The van der Waals surface area contributed by atoms with Crippen LogP contribution in [-0.4, -0.2) is 37.0 Å². The van der Waals surface area contributed by atoms with Gasteiger partial charge in [0.15, 0.2) is 11.5 Å². The monoisotopic (exact) mass is 420 g/mol. The van der Waals surface area contributed by atoms with Gasteiger partial charge in [0.05, 0.1) is 7.11 Å². The van der Waals surface area contributed by atoms with E-state index in [0.717, 1.165) is 29.7 Å². The van der Waals surface area contributed by atoms with E-state index >= 15 is 0 Å². The van der Waals surface area contributed by atoms with Gasteiger partial charge in [0.2, 0.25) is 11.8 Å². The second kappa shape index (κ2) is 11.0. The fourth-order valence-electron chi connectivity index (χ4n) is 3.43. The molecule has 6 nitrogen and oxygen atoms in total. The van der Waals surface area contributed by atoms with Crippen LogP contribution in [0.1, 0.15) is 29.5 Å². The highest BCUT2D eigenvalue weighted by atomic mass is 16.5. The number of rotatable bonds is 10. The van der Waals surface area contributed by atoms with Gasteiger partial charge in [-0.2, -0.15) is 0 Å². The van der Waals surface area contributed by atoms with E-state index in [4.69, 9.17) is 9.47 Å². The largest absolute Gasteiger partial charge is 0.493 e. The molecule has 0 bridgehead atoms. The molecule has 0 spiro atoms. The van der Waals surface area contributed by atoms with Crippen molar-refractivity contribution in [2.24, 2.45) is 0 Å². The molecule has 2 aromatic rings.